The van der Waals surface area contributed by atoms with E-state index < -0.39 is 6.04 Å². The molecule has 1 atom stereocenters. The first-order valence-electron chi connectivity index (χ1n) is 9.98. The van der Waals surface area contributed by atoms with Gasteiger partial charge in [-0.05, 0) is 35.9 Å². The molecule has 4 rings (SSSR count). The lowest BCUT2D eigenvalue weighted by atomic mass is 9.98. The second-order valence-corrected chi connectivity index (χ2v) is 7.65. The van der Waals surface area contributed by atoms with Crippen LogP contribution in [0.4, 0.5) is 0 Å². The number of carbonyl (C=O) groups is 1. The van der Waals surface area contributed by atoms with Crippen LogP contribution in [0.2, 0.25) is 5.02 Å². The summed E-state index contributed by atoms with van der Waals surface area (Å²) >= 11 is 6.11. The molecular formula is C24H22ClNO6. The van der Waals surface area contributed by atoms with E-state index in [0.717, 1.165) is 0 Å². The minimum Gasteiger partial charge on any atom is -0.493 e. The van der Waals surface area contributed by atoms with E-state index in [1.54, 1.807) is 54.5 Å². The lowest BCUT2D eigenvalue weighted by Crippen LogP contribution is -2.32. The normalized spacial score (nSPS) is 15.2. The molecule has 0 N–H and O–H groups in total. The summed E-state index contributed by atoms with van der Waals surface area (Å²) in [6, 6.07) is 9.39. The Hall–Kier alpha value is -3.29. The summed E-state index contributed by atoms with van der Waals surface area (Å²) in [5, 5.41) is 0.729. The van der Waals surface area contributed by atoms with Gasteiger partial charge in [0.05, 0.1) is 30.7 Å². The van der Waals surface area contributed by atoms with Crippen LogP contribution in [0.1, 0.15) is 27.7 Å². The number of rotatable bonds is 8. The summed E-state index contributed by atoms with van der Waals surface area (Å²) in [5.74, 6) is 0.658. The number of ether oxygens (including phenoxy) is 3. The van der Waals surface area contributed by atoms with Crippen LogP contribution >= 0.6 is 11.6 Å². The van der Waals surface area contributed by atoms with Gasteiger partial charge in [-0.15, -0.1) is 0 Å². The van der Waals surface area contributed by atoms with Crippen molar-refractivity contribution in [3.8, 4) is 11.5 Å². The summed E-state index contributed by atoms with van der Waals surface area (Å²) in [7, 11) is 3.08. The van der Waals surface area contributed by atoms with E-state index in [4.69, 9.17) is 30.2 Å². The van der Waals surface area contributed by atoms with Crippen molar-refractivity contribution in [3.63, 3.8) is 0 Å². The lowest BCUT2D eigenvalue weighted by molar-refractivity contribution is 0.0663. The number of nitrogens with zero attached hydrogens (tertiary/aromatic N) is 1. The van der Waals surface area contributed by atoms with Crippen LogP contribution in [0, 0.1) is 0 Å². The van der Waals surface area contributed by atoms with Crippen LogP contribution in [0.5, 0.6) is 11.5 Å². The third kappa shape index (κ3) is 3.74. The number of carbonyl (C=O) groups excluding carboxylic acids is 1. The third-order valence-corrected chi connectivity index (χ3v) is 5.56. The molecule has 0 bridgehead atoms. The molecule has 0 fully saturated rings. The number of methoxy groups -OCH3 is 2. The summed E-state index contributed by atoms with van der Waals surface area (Å²) < 4.78 is 22.2. The summed E-state index contributed by atoms with van der Waals surface area (Å²) in [6.45, 7) is 4.54. The molecule has 1 unspecified atom stereocenters. The molecule has 2 heterocycles. The number of amides is 1. The molecule has 1 aromatic heterocycles. The molecule has 1 amide bonds. The maximum atomic E-state index is 13.5. The van der Waals surface area contributed by atoms with Crippen LogP contribution < -0.4 is 14.9 Å². The fraction of sp³-hybridized carbons (Fsp3) is 0.250. The predicted octanol–water partition coefficient (Wildman–Crippen LogP) is 4.21. The van der Waals surface area contributed by atoms with Crippen molar-refractivity contribution >= 4 is 28.5 Å². The fourth-order valence-electron chi connectivity index (χ4n) is 3.88. The molecule has 166 valence electrons. The first-order chi connectivity index (χ1) is 15.5. The van der Waals surface area contributed by atoms with Crippen LogP contribution in [0.25, 0.3) is 11.0 Å². The smallest absolute Gasteiger partial charge is 0.290 e. The average molecular weight is 456 g/mol. The van der Waals surface area contributed by atoms with E-state index in [2.05, 4.69) is 6.58 Å². The van der Waals surface area contributed by atoms with Crippen LogP contribution in [-0.2, 0) is 4.74 Å². The molecule has 0 radical (unpaired) electrons. The molecule has 1 aliphatic rings. The third-order valence-electron chi connectivity index (χ3n) is 5.32. The van der Waals surface area contributed by atoms with Crippen LogP contribution in [0.3, 0.4) is 0 Å². The highest BCUT2D eigenvalue weighted by molar-refractivity contribution is 6.31. The Balaban J connectivity index is 1.91. The van der Waals surface area contributed by atoms with E-state index in [0.29, 0.717) is 46.3 Å². The van der Waals surface area contributed by atoms with E-state index in [9.17, 15) is 9.59 Å². The highest BCUT2D eigenvalue weighted by atomic mass is 35.5. The summed E-state index contributed by atoms with van der Waals surface area (Å²) in [5.41, 5.74) is 0.963. The molecule has 1 aliphatic heterocycles. The van der Waals surface area contributed by atoms with Gasteiger partial charge in [-0.1, -0.05) is 30.3 Å². The van der Waals surface area contributed by atoms with E-state index in [1.165, 1.54) is 7.11 Å². The second-order valence-electron chi connectivity index (χ2n) is 7.22. The van der Waals surface area contributed by atoms with Crippen molar-refractivity contribution in [1.29, 1.82) is 0 Å². The van der Waals surface area contributed by atoms with Gasteiger partial charge in [-0.25, -0.2) is 0 Å². The first-order valence-corrected chi connectivity index (χ1v) is 10.4. The SMILES string of the molecule is C=CCOc1ccc(C2c3c(oc4ccc(Cl)cc4c3=O)C(=O)N2CCOC)cc1OC. The van der Waals surface area contributed by atoms with Gasteiger partial charge in [0, 0.05) is 18.7 Å². The Morgan fingerprint density at radius 2 is 1.97 bits per heavy atom. The molecule has 7 nitrogen and oxygen atoms in total. The second kappa shape index (κ2) is 9.06. The zero-order chi connectivity index (χ0) is 22.8. The molecule has 0 aliphatic carbocycles. The van der Waals surface area contributed by atoms with Crippen molar-refractivity contribution in [3.05, 3.63) is 81.2 Å². The van der Waals surface area contributed by atoms with Crippen molar-refractivity contribution in [2.75, 3.05) is 34.0 Å². The highest BCUT2D eigenvalue weighted by Gasteiger charge is 2.42. The lowest BCUT2D eigenvalue weighted by Gasteiger charge is -2.25. The van der Waals surface area contributed by atoms with Crippen molar-refractivity contribution in [2.24, 2.45) is 0 Å². The maximum Gasteiger partial charge on any atom is 0.290 e. The van der Waals surface area contributed by atoms with E-state index in [-0.39, 0.29) is 29.2 Å². The number of fused-ring (bicyclic) bond motifs is 2. The number of benzene rings is 2. The van der Waals surface area contributed by atoms with Gasteiger partial charge in [0.25, 0.3) is 5.91 Å². The minimum atomic E-state index is -0.672. The standard InChI is InChI=1S/C24H22ClNO6/c1-4-10-31-18-7-5-14(12-19(18)30-3)21-20-22(27)16-13-15(25)6-8-17(16)32-23(20)24(28)26(21)9-11-29-2/h4-8,12-13,21H,1,9-11H2,2-3H3. The minimum absolute atomic E-state index is 0.0249. The van der Waals surface area contributed by atoms with Gasteiger partial charge in [-0.3, -0.25) is 9.59 Å². The Labute approximate surface area is 189 Å². The quantitative estimate of drug-likeness (QED) is 0.473. The van der Waals surface area contributed by atoms with E-state index in [1.807, 2.05) is 0 Å². The average Bonchev–Trinajstić information content (AvgIpc) is 3.08. The number of hydrogen-bond donors (Lipinski definition) is 0. The summed E-state index contributed by atoms with van der Waals surface area (Å²) in [4.78, 5) is 28.3. The predicted molar refractivity (Wildman–Crippen MR) is 121 cm³/mol. The molecular weight excluding hydrogens is 434 g/mol. The van der Waals surface area contributed by atoms with Gasteiger partial charge in [-0.2, -0.15) is 0 Å². The molecule has 32 heavy (non-hydrogen) atoms. The van der Waals surface area contributed by atoms with Gasteiger partial charge < -0.3 is 23.5 Å². The highest BCUT2D eigenvalue weighted by Crippen LogP contribution is 2.41. The largest absolute Gasteiger partial charge is 0.493 e. The molecule has 2 aromatic carbocycles. The Morgan fingerprint density at radius 3 is 2.69 bits per heavy atom. The van der Waals surface area contributed by atoms with Crippen molar-refractivity contribution in [2.45, 2.75) is 6.04 Å². The van der Waals surface area contributed by atoms with Crippen molar-refractivity contribution < 1.29 is 23.4 Å². The zero-order valence-corrected chi connectivity index (χ0v) is 18.5. The Kier molecular flexibility index (Phi) is 6.21. The van der Waals surface area contributed by atoms with Crippen LogP contribution in [-0.4, -0.2) is 44.8 Å². The summed E-state index contributed by atoms with van der Waals surface area (Å²) in [6.07, 6.45) is 1.63. The molecule has 0 saturated heterocycles. The number of hydrogen-bond acceptors (Lipinski definition) is 6. The topological polar surface area (TPSA) is 78.2 Å². The molecule has 8 heteroatoms. The molecule has 0 spiro atoms. The first kappa shape index (κ1) is 21.9. The van der Waals surface area contributed by atoms with Gasteiger partial charge in [0.1, 0.15) is 12.2 Å². The van der Waals surface area contributed by atoms with Gasteiger partial charge in [0.2, 0.25) is 5.76 Å². The Morgan fingerprint density at radius 1 is 1.16 bits per heavy atom. The van der Waals surface area contributed by atoms with E-state index >= 15 is 0 Å². The van der Waals surface area contributed by atoms with Gasteiger partial charge >= 0.3 is 0 Å². The van der Waals surface area contributed by atoms with Gasteiger partial charge in [0.15, 0.2) is 16.9 Å². The fourth-order valence-corrected chi connectivity index (χ4v) is 4.05. The van der Waals surface area contributed by atoms with Crippen molar-refractivity contribution in [1.82, 2.24) is 4.90 Å². The monoisotopic (exact) mass is 455 g/mol. The molecule has 3 aromatic rings. The number of halogens is 1. The van der Waals surface area contributed by atoms with Crippen LogP contribution in [0.15, 0.2) is 58.3 Å². The zero-order valence-electron chi connectivity index (χ0n) is 17.7. The maximum absolute atomic E-state index is 13.5. The Bertz CT molecular complexity index is 1250. The molecule has 0 saturated carbocycles.